The Bertz CT molecular complexity index is 1090. The monoisotopic (exact) mass is 373 g/mol. The smallest absolute Gasteiger partial charge is 0.348 e. The molecule has 1 aromatic carbocycles. The number of carbonyl (C=O) groups is 1. The fourth-order valence-corrected chi connectivity index (χ4v) is 2.92. The summed E-state index contributed by atoms with van der Waals surface area (Å²) >= 11 is 0. The van der Waals surface area contributed by atoms with Crippen molar-refractivity contribution in [3.63, 3.8) is 0 Å². The van der Waals surface area contributed by atoms with E-state index in [4.69, 9.17) is 0 Å². The van der Waals surface area contributed by atoms with Gasteiger partial charge in [-0.2, -0.15) is 0 Å². The summed E-state index contributed by atoms with van der Waals surface area (Å²) in [5.74, 6) is -1.73. The standard InChI is InChI=1S/C18H17F2N5O2/c1-10(12-4-5-13(19)14(20)8-12)21-16(26)9-25-18(27)24-7-6-15(11-2-3-11)22-17(24)23-25/h4-8,10-11H,2-3,9H2,1H3,(H,21,26)/t10-/m0/s1. The summed E-state index contributed by atoms with van der Waals surface area (Å²) in [7, 11) is 0. The maximum absolute atomic E-state index is 13.3. The fourth-order valence-electron chi connectivity index (χ4n) is 2.92. The lowest BCUT2D eigenvalue weighted by molar-refractivity contribution is -0.122. The number of rotatable bonds is 5. The molecule has 0 bridgehead atoms. The van der Waals surface area contributed by atoms with Crippen LogP contribution < -0.4 is 11.0 Å². The van der Waals surface area contributed by atoms with Gasteiger partial charge >= 0.3 is 5.69 Å². The van der Waals surface area contributed by atoms with E-state index < -0.39 is 29.3 Å². The largest absolute Gasteiger partial charge is 0.352 e. The number of benzene rings is 1. The van der Waals surface area contributed by atoms with Crippen molar-refractivity contribution in [2.75, 3.05) is 0 Å². The van der Waals surface area contributed by atoms with Gasteiger partial charge < -0.3 is 5.32 Å². The minimum absolute atomic E-state index is 0.255. The lowest BCUT2D eigenvalue weighted by Gasteiger charge is -2.14. The van der Waals surface area contributed by atoms with Crippen molar-refractivity contribution in [1.82, 2.24) is 24.5 Å². The minimum Gasteiger partial charge on any atom is -0.348 e. The van der Waals surface area contributed by atoms with Gasteiger partial charge in [-0.15, -0.1) is 5.10 Å². The van der Waals surface area contributed by atoms with E-state index in [0.717, 1.165) is 35.4 Å². The van der Waals surface area contributed by atoms with Crippen LogP contribution in [0.4, 0.5) is 8.78 Å². The third-order valence-electron chi connectivity index (χ3n) is 4.59. The molecular formula is C18H17F2N5O2. The van der Waals surface area contributed by atoms with Crippen LogP contribution in [-0.2, 0) is 11.3 Å². The van der Waals surface area contributed by atoms with Crippen LogP contribution in [0.5, 0.6) is 0 Å². The van der Waals surface area contributed by atoms with Crippen LogP contribution >= 0.6 is 0 Å². The van der Waals surface area contributed by atoms with Crippen LogP contribution in [0.2, 0.25) is 0 Å². The summed E-state index contributed by atoms with van der Waals surface area (Å²) < 4.78 is 28.7. The van der Waals surface area contributed by atoms with E-state index in [1.165, 1.54) is 10.5 Å². The van der Waals surface area contributed by atoms with Gasteiger partial charge in [-0.05, 0) is 43.5 Å². The van der Waals surface area contributed by atoms with E-state index >= 15 is 0 Å². The first-order valence-electron chi connectivity index (χ1n) is 8.63. The van der Waals surface area contributed by atoms with E-state index in [9.17, 15) is 18.4 Å². The summed E-state index contributed by atoms with van der Waals surface area (Å²) in [5, 5.41) is 6.76. The molecule has 1 amide bonds. The van der Waals surface area contributed by atoms with Crippen molar-refractivity contribution in [3.05, 3.63) is 63.8 Å². The molecule has 2 heterocycles. The molecule has 0 unspecified atom stereocenters. The van der Waals surface area contributed by atoms with Gasteiger partial charge in [0.1, 0.15) is 6.54 Å². The average molecular weight is 373 g/mol. The highest BCUT2D eigenvalue weighted by Gasteiger charge is 2.25. The third-order valence-corrected chi connectivity index (χ3v) is 4.59. The van der Waals surface area contributed by atoms with Crippen LogP contribution in [0.15, 0.2) is 35.3 Å². The number of aromatic nitrogens is 4. The average Bonchev–Trinajstić information content (AvgIpc) is 3.43. The van der Waals surface area contributed by atoms with Gasteiger partial charge in [-0.3, -0.25) is 4.79 Å². The molecule has 0 radical (unpaired) electrons. The zero-order valence-corrected chi connectivity index (χ0v) is 14.5. The van der Waals surface area contributed by atoms with Crippen LogP contribution in [0.3, 0.4) is 0 Å². The molecule has 1 fully saturated rings. The van der Waals surface area contributed by atoms with Crippen LogP contribution in [-0.4, -0.2) is 25.1 Å². The van der Waals surface area contributed by atoms with Gasteiger partial charge in [0.05, 0.1) is 6.04 Å². The molecule has 1 aliphatic carbocycles. The number of nitrogens with zero attached hydrogens (tertiary/aromatic N) is 4. The van der Waals surface area contributed by atoms with Gasteiger partial charge in [0.2, 0.25) is 5.91 Å². The van der Waals surface area contributed by atoms with Gasteiger partial charge in [0, 0.05) is 17.8 Å². The Morgan fingerprint density at radius 1 is 1.30 bits per heavy atom. The van der Waals surface area contributed by atoms with Crippen molar-refractivity contribution in [2.24, 2.45) is 0 Å². The molecule has 0 aliphatic heterocycles. The summed E-state index contributed by atoms with van der Waals surface area (Å²) in [6, 6.07) is 4.66. The SMILES string of the molecule is C[C@H](NC(=O)Cn1nc2nc(C3CC3)ccn2c1=O)c1ccc(F)c(F)c1. The predicted molar refractivity (Wildman–Crippen MR) is 92.1 cm³/mol. The number of amides is 1. The number of halogens is 2. The van der Waals surface area contributed by atoms with E-state index in [2.05, 4.69) is 15.4 Å². The second-order valence-electron chi connectivity index (χ2n) is 6.70. The number of nitrogens with one attached hydrogen (secondary N) is 1. The molecule has 0 saturated heterocycles. The molecule has 1 atom stereocenters. The third kappa shape index (κ3) is 3.44. The highest BCUT2D eigenvalue weighted by Crippen LogP contribution is 2.38. The molecule has 1 aliphatic rings. The second kappa shape index (κ2) is 6.57. The van der Waals surface area contributed by atoms with Gasteiger partial charge in [-0.25, -0.2) is 27.6 Å². The Morgan fingerprint density at radius 3 is 2.78 bits per heavy atom. The summed E-state index contributed by atoms with van der Waals surface area (Å²) in [4.78, 5) is 29.0. The molecule has 2 aromatic heterocycles. The molecule has 1 saturated carbocycles. The summed E-state index contributed by atoms with van der Waals surface area (Å²) in [6.45, 7) is 1.34. The van der Waals surface area contributed by atoms with E-state index in [1.807, 2.05) is 0 Å². The molecule has 140 valence electrons. The zero-order valence-electron chi connectivity index (χ0n) is 14.5. The van der Waals surface area contributed by atoms with E-state index in [-0.39, 0.29) is 12.3 Å². The van der Waals surface area contributed by atoms with Crippen molar-refractivity contribution in [3.8, 4) is 0 Å². The highest BCUT2D eigenvalue weighted by atomic mass is 19.2. The Labute approximate surface area is 152 Å². The Hall–Kier alpha value is -3.10. The molecule has 7 nitrogen and oxygen atoms in total. The summed E-state index contributed by atoms with van der Waals surface area (Å²) in [6.07, 6.45) is 3.78. The first-order chi connectivity index (χ1) is 12.9. The second-order valence-corrected chi connectivity index (χ2v) is 6.70. The Morgan fingerprint density at radius 2 is 2.07 bits per heavy atom. The zero-order chi connectivity index (χ0) is 19.1. The molecule has 0 spiro atoms. The number of hydrogen-bond donors (Lipinski definition) is 1. The highest BCUT2D eigenvalue weighted by molar-refractivity contribution is 5.76. The van der Waals surface area contributed by atoms with E-state index in [0.29, 0.717) is 11.5 Å². The normalized spacial score (nSPS) is 15.1. The van der Waals surface area contributed by atoms with Gasteiger partial charge in [0.15, 0.2) is 11.6 Å². The van der Waals surface area contributed by atoms with Gasteiger partial charge in [-0.1, -0.05) is 6.07 Å². The molecule has 9 heteroatoms. The predicted octanol–water partition coefficient (Wildman–Crippen LogP) is 1.92. The molecule has 27 heavy (non-hydrogen) atoms. The van der Waals surface area contributed by atoms with Crippen LogP contribution in [0.25, 0.3) is 5.78 Å². The van der Waals surface area contributed by atoms with Crippen molar-refractivity contribution >= 4 is 11.7 Å². The van der Waals surface area contributed by atoms with Crippen molar-refractivity contribution < 1.29 is 13.6 Å². The Kier molecular flexibility index (Phi) is 4.21. The Balaban J connectivity index is 1.49. The molecule has 3 aromatic rings. The topological polar surface area (TPSA) is 81.3 Å². The maximum atomic E-state index is 13.3. The fraction of sp³-hybridized carbons (Fsp3) is 0.333. The summed E-state index contributed by atoms with van der Waals surface area (Å²) in [5.41, 5.74) is 0.854. The molecule has 1 N–H and O–H groups in total. The van der Waals surface area contributed by atoms with Crippen LogP contribution in [0, 0.1) is 11.6 Å². The van der Waals surface area contributed by atoms with Gasteiger partial charge in [0.25, 0.3) is 5.78 Å². The van der Waals surface area contributed by atoms with Crippen molar-refractivity contribution in [1.29, 1.82) is 0 Å². The first-order valence-corrected chi connectivity index (χ1v) is 8.63. The number of fused-ring (bicyclic) bond motifs is 1. The maximum Gasteiger partial charge on any atom is 0.352 e. The number of carbonyl (C=O) groups excluding carboxylic acids is 1. The lowest BCUT2D eigenvalue weighted by Crippen LogP contribution is -2.34. The molecule has 4 rings (SSSR count). The van der Waals surface area contributed by atoms with Crippen LogP contribution in [0.1, 0.15) is 43.0 Å². The minimum atomic E-state index is -0.984. The van der Waals surface area contributed by atoms with E-state index in [1.54, 1.807) is 19.2 Å². The first kappa shape index (κ1) is 17.3. The molecular weight excluding hydrogens is 356 g/mol. The quantitative estimate of drug-likeness (QED) is 0.741. The number of hydrogen-bond acceptors (Lipinski definition) is 4. The lowest BCUT2D eigenvalue weighted by atomic mass is 10.1. The van der Waals surface area contributed by atoms with Crippen molar-refractivity contribution in [2.45, 2.75) is 38.3 Å².